The number of anilines is 1. The maximum absolute atomic E-state index is 12.1. The van der Waals surface area contributed by atoms with E-state index in [-0.39, 0.29) is 17.7 Å². The summed E-state index contributed by atoms with van der Waals surface area (Å²) in [5.74, 6) is 0.512. The topological polar surface area (TPSA) is 90.7 Å². The molecule has 2 amide bonds. The Morgan fingerprint density at radius 3 is 2.36 bits per heavy atom. The summed E-state index contributed by atoms with van der Waals surface area (Å²) in [5, 5.41) is 9.42. The van der Waals surface area contributed by atoms with E-state index in [9.17, 15) is 9.59 Å². The Morgan fingerprint density at radius 1 is 1.24 bits per heavy atom. The molecule has 0 saturated carbocycles. The van der Waals surface area contributed by atoms with Gasteiger partial charge in [-0.25, -0.2) is 0 Å². The van der Waals surface area contributed by atoms with Gasteiger partial charge in [0.05, 0.1) is 18.8 Å². The minimum absolute atomic E-state index is 0.00244. The van der Waals surface area contributed by atoms with Gasteiger partial charge in [-0.05, 0) is 5.92 Å². The first-order valence-corrected chi connectivity index (χ1v) is 8.56. The molecule has 0 atom stereocenters. The molecule has 1 aromatic rings. The molecular weight excluding hydrogens is 322 g/mol. The van der Waals surface area contributed by atoms with Crippen molar-refractivity contribution in [3.8, 4) is 0 Å². The van der Waals surface area contributed by atoms with Crippen molar-refractivity contribution >= 4 is 17.7 Å². The van der Waals surface area contributed by atoms with Gasteiger partial charge >= 0.3 is 0 Å². The van der Waals surface area contributed by atoms with Crippen molar-refractivity contribution in [1.29, 1.82) is 0 Å². The summed E-state index contributed by atoms with van der Waals surface area (Å²) >= 11 is 0. The van der Waals surface area contributed by atoms with E-state index in [1.54, 1.807) is 12.1 Å². The second-order valence-corrected chi connectivity index (χ2v) is 6.46. The minimum Gasteiger partial charge on any atom is -0.352 e. The van der Waals surface area contributed by atoms with Crippen LogP contribution < -0.4 is 10.6 Å². The summed E-state index contributed by atoms with van der Waals surface area (Å²) in [6.45, 7) is 11.8. The van der Waals surface area contributed by atoms with E-state index in [0.717, 1.165) is 31.9 Å². The van der Waals surface area contributed by atoms with Gasteiger partial charge in [-0.1, -0.05) is 25.1 Å². The quantitative estimate of drug-likeness (QED) is 0.670. The third kappa shape index (κ3) is 6.32. The predicted molar refractivity (Wildman–Crippen MR) is 95.3 cm³/mol. The molecular formula is C17H27N5O3. The van der Waals surface area contributed by atoms with E-state index < -0.39 is 0 Å². The Morgan fingerprint density at radius 2 is 1.84 bits per heavy atom. The summed E-state index contributed by atoms with van der Waals surface area (Å²) < 4.78 is 5.12. The van der Waals surface area contributed by atoms with E-state index in [2.05, 4.69) is 32.2 Å². The molecule has 0 spiro atoms. The number of amides is 2. The molecule has 2 heterocycles. The Kier molecular flexibility index (Phi) is 7.15. The molecule has 8 nitrogen and oxygen atoms in total. The van der Waals surface area contributed by atoms with Gasteiger partial charge in [0, 0.05) is 38.8 Å². The van der Waals surface area contributed by atoms with Gasteiger partial charge in [0.1, 0.15) is 0 Å². The molecule has 1 fully saturated rings. The van der Waals surface area contributed by atoms with E-state index in [1.807, 2.05) is 13.8 Å². The van der Waals surface area contributed by atoms with Crippen molar-refractivity contribution < 1.29 is 14.1 Å². The average molecular weight is 349 g/mol. The lowest BCUT2D eigenvalue weighted by Crippen LogP contribution is -2.51. The standard InChI is InChI=1S/C17H27N5O3/c1-4-5-18-15(23)11-21-6-8-22(9-7-21)12-16(24)19-17-10-14(13(2)3)20-25-17/h4,10,13H,1,5-9,11-12H2,2-3H3,(H,18,23)(H,19,24). The highest BCUT2D eigenvalue weighted by Gasteiger charge is 2.21. The lowest BCUT2D eigenvalue weighted by Gasteiger charge is -2.33. The van der Waals surface area contributed by atoms with Crippen LogP contribution in [0.3, 0.4) is 0 Å². The minimum atomic E-state index is -0.122. The first-order chi connectivity index (χ1) is 12.0. The van der Waals surface area contributed by atoms with Gasteiger partial charge in [-0.2, -0.15) is 0 Å². The van der Waals surface area contributed by atoms with E-state index in [1.165, 1.54) is 0 Å². The van der Waals surface area contributed by atoms with Gasteiger partial charge < -0.3 is 9.84 Å². The van der Waals surface area contributed by atoms with Crippen molar-refractivity contribution in [2.45, 2.75) is 19.8 Å². The zero-order chi connectivity index (χ0) is 18.2. The molecule has 1 aromatic heterocycles. The lowest BCUT2D eigenvalue weighted by molar-refractivity contribution is -0.123. The zero-order valence-electron chi connectivity index (χ0n) is 15.0. The number of rotatable bonds is 8. The summed E-state index contributed by atoms with van der Waals surface area (Å²) in [4.78, 5) is 27.9. The third-order valence-electron chi connectivity index (χ3n) is 4.03. The van der Waals surface area contributed by atoms with Crippen molar-refractivity contribution in [2.75, 3.05) is 51.1 Å². The van der Waals surface area contributed by atoms with Crippen LogP contribution >= 0.6 is 0 Å². The number of carbonyl (C=O) groups excluding carboxylic acids is 2. The van der Waals surface area contributed by atoms with Crippen LogP contribution in [-0.4, -0.2) is 72.6 Å². The fourth-order valence-electron chi connectivity index (χ4n) is 2.55. The van der Waals surface area contributed by atoms with Crippen LogP contribution in [0.2, 0.25) is 0 Å². The zero-order valence-corrected chi connectivity index (χ0v) is 15.0. The maximum Gasteiger partial charge on any atom is 0.240 e. The lowest BCUT2D eigenvalue weighted by atomic mass is 10.1. The summed E-state index contributed by atoms with van der Waals surface area (Å²) in [5.41, 5.74) is 0.818. The molecule has 0 aliphatic carbocycles. The largest absolute Gasteiger partial charge is 0.352 e. The molecule has 0 radical (unpaired) electrons. The molecule has 0 unspecified atom stereocenters. The maximum atomic E-state index is 12.1. The van der Waals surface area contributed by atoms with E-state index in [0.29, 0.717) is 25.5 Å². The van der Waals surface area contributed by atoms with Crippen molar-refractivity contribution in [3.05, 3.63) is 24.4 Å². The van der Waals surface area contributed by atoms with Crippen LogP contribution in [0.15, 0.2) is 23.2 Å². The molecule has 0 aromatic carbocycles. The number of hydrogen-bond donors (Lipinski definition) is 2. The molecule has 2 N–H and O–H groups in total. The van der Waals surface area contributed by atoms with Crippen LogP contribution in [0.1, 0.15) is 25.5 Å². The number of hydrogen-bond acceptors (Lipinski definition) is 6. The van der Waals surface area contributed by atoms with Gasteiger partial charge in [0.25, 0.3) is 0 Å². The average Bonchev–Trinajstić information content (AvgIpc) is 3.03. The van der Waals surface area contributed by atoms with Crippen molar-refractivity contribution in [1.82, 2.24) is 20.3 Å². The summed E-state index contributed by atoms with van der Waals surface area (Å²) in [7, 11) is 0. The number of piperazine rings is 1. The predicted octanol–water partition coefficient (Wildman–Crippen LogP) is 0.656. The van der Waals surface area contributed by atoms with Crippen LogP contribution in [0.5, 0.6) is 0 Å². The number of aromatic nitrogens is 1. The smallest absolute Gasteiger partial charge is 0.240 e. The molecule has 25 heavy (non-hydrogen) atoms. The molecule has 1 saturated heterocycles. The third-order valence-corrected chi connectivity index (χ3v) is 4.03. The number of nitrogens with zero attached hydrogens (tertiary/aromatic N) is 3. The Bertz CT molecular complexity index is 591. The Labute approximate surface area is 148 Å². The fraction of sp³-hybridized carbons (Fsp3) is 0.588. The molecule has 8 heteroatoms. The highest BCUT2D eigenvalue weighted by Crippen LogP contribution is 2.17. The van der Waals surface area contributed by atoms with Gasteiger partial charge in [-0.15, -0.1) is 6.58 Å². The molecule has 1 aliphatic rings. The summed E-state index contributed by atoms with van der Waals surface area (Å²) in [6.07, 6.45) is 1.66. The van der Waals surface area contributed by atoms with E-state index >= 15 is 0 Å². The number of nitrogens with one attached hydrogen (secondary N) is 2. The van der Waals surface area contributed by atoms with Gasteiger partial charge in [-0.3, -0.25) is 24.7 Å². The Hall–Kier alpha value is -2.19. The normalized spacial score (nSPS) is 16.0. The second-order valence-electron chi connectivity index (χ2n) is 6.46. The SMILES string of the molecule is C=CCNC(=O)CN1CCN(CC(=O)Nc2cc(C(C)C)no2)CC1. The fourth-order valence-corrected chi connectivity index (χ4v) is 2.55. The molecule has 138 valence electrons. The molecule has 2 rings (SSSR count). The molecule has 0 bridgehead atoms. The van der Waals surface area contributed by atoms with Crippen LogP contribution in [0.25, 0.3) is 0 Å². The Balaban J connectivity index is 1.69. The van der Waals surface area contributed by atoms with Crippen LogP contribution in [-0.2, 0) is 9.59 Å². The van der Waals surface area contributed by atoms with E-state index in [4.69, 9.17) is 4.52 Å². The highest BCUT2D eigenvalue weighted by molar-refractivity contribution is 5.91. The summed E-state index contributed by atoms with van der Waals surface area (Å²) in [6, 6.07) is 1.75. The first kappa shape index (κ1) is 19.1. The van der Waals surface area contributed by atoms with Crippen LogP contribution in [0.4, 0.5) is 5.88 Å². The number of carbonyl (C=O) groups is 2. The molecule has 1 aliphatic heterocycles. The first-order valence-electron chi connectivity index (χ1n) is 8.56. The van der Waals surface area contributed by atoms with Gasteiger partial charge in [0.15, 0.2) is 0 Å². The highest BCUT2D eigenvalue weighted by atomic mass is 16.5. The van der Waals surface area contributed by atoms with Crippen molar-refractivity contribution in [2.24, 2.45) is 0 Å². The van der Waals surface area contributed by atoms with Crippen LogP contribution in [0, 0.1) is 0 Å². The second kappa shape index (κ2) is 9.33. The monoisotopic (exact) mass is 349 g/mol. The van der Waals surface area contributed by atoms with Gasteiger partial charge in [0.2, 0.25) is 17.7 Å². The van der Waals surface area contributed by atoms with Crippen molar-refractivity contribution in [3.63, 3.8) is 0 Å².